The van der Waals surface area contributed by atoms with Crippen LogP contribution >= 0.6 is 27.5 Å². The lowest BCUT2D eigenvalue weighted by Gasteiger charge is -2.09. The van der Waals surface area contributed by atoms with Crippen LogP contribution < -0.4 is 10.0 Å². The van der Waals surface area contributed by atoms with Gasteiger partial charge in [0.25, 0.3) is 10.0 Å². The first kappa shape index (κ1) is 16.8. The van der Waals surface area contributed by atoms with E-state index < -0.39 is 10.0 Å². The lowest BCUT2D eigenvalue weighted by atomic mass is 10.3. The Hall–Kier alpha value is -1.57. The minimum atomic E-state index is -3.68. The van der Waals surface area contributed by atoms with Gasteiger partial charge in [-0.1, -0.05) is 15.9 Å². The molecule has 0 unspecified atom stereocenters. The van der Waals surface area contributed by atoms with Crippen molar-refractivity contribution in [2.75, 3.05) is 15.9 Å². The number of benzene rings is 2. The highest BCUT2D eigenvalue weighted by molar-refractivity contribution is 9.10. The molecule has 2 rings (SSSR count). The first-order valence-corrected chi connectivity index (χ1v) is 8.96. The molecule has 0 bridgehead atoms. The van der Waals surface area contributed by atoms with Crippen LogP contribution in [0.5, 0.6) is 0 Å². The van der Waals surface area contributed by atoms with E-state index >= 15 is 0 Å². The van der Waals surface area contributed by atoms with Gasteiger partial charge >= 0.3 is 0 Å². The zero-order chi connectivity index (χ0) is 16.2. The van der Waals surface area contributed by atoms with E-state index in [0.717, 1.165) is 4.47 Å². The number of rotatable bonds is 5. The van der Waals surface area contributed by atoms with E-state index in [0.29, 0.717) is 11.4 Å². The summed E-state index contributed by atoms with van der Waals surface area (Å²) in [7, 11) is -3.68. The fourth-order valence-electron chi connectivity index (χ4n) is 1.64. The van der Waals surface area contributed by atoms with Gasteiger partial charge in [0.15, 0.2) is 0 Å². The number of carbonyl (C=O) groups excluding carboxylic acids is 1. The van der Waals surface area contributed by atoms with Gasteiger partial charge in [0.1, 0.15) is 5.88 Å². The molecule has 0 aliphatic heterocycles. The lowest BCUT2D eigenvalue weighted by Crippen LogP contribution is -2.14. The van der Waals surface area contributed by atoms with Gasteiger partial charge in [0.05, 0.1) is 4.90 Å². The Kier molecular flexibility index (Phi) is 5.44. The fraction of sp³-hybridized carbons (Fsp3) is 0.0714. The van der Waals surface area contributed by atoms with Crippen LogP contribution in [0.2, 0.25) is 0 Å². The number of anilines is 2. The van der Waals surface area contributed by atoms with Gasteiger partial charge < -0.3 is 5.32 Å². The topological polar surface area (TPSA) is 75.3 Å². The molecule has 0 atom stereocenters. The molecule has 0 spiro atoms. The van der Waals surface area contributed by atoms with Crippen molar-refractivity contribution in [3.63, 3.8) is 0 Å². The Morgan fingerprint density at radius 3 is 2.09 bits per heavy atom. The van der Waals surface area contributed by atoms with Crippen molar-refractivity contribution in [3.05, 3.63) is 53.0 Å². The SMILES string of the molecule is O=C(CCl)Nc1ccc(S(=O)(=O)Nc2ccc(Br)cc2)cc1. The van der Waals surface area contributed by atoms with Gasteiger partial charge in [-0.15, -0.1) is 11.6 Å². The quantitative estimate of drug-likeness (QED) is 0.751. The molecular weight excluding hydrogens is 392 g/mol. The van der Waals surface area contributed by atoms with Crippen LogP contribution in [0.4, 0.5) is 11.4 Å². The van der Waals surface area contributed by atoms with E-state index in [4.69, 9.17) is 11.6 Å². The van der Waals surface area contributed by atoms with Gasteiger partial charge in [-0.05, 0) is 48.5 Å². The molecule has 0 aromatic heterocycles. The van der Waals surface area contributed by atoms with Crippen molar-refractivity contribution in [2.24, 2.45) is 0 Å². The number of carbonyl (C=O) groups is 1. The van der Waals surface area contributed by atoms with Crippen LogP contribution in [0, 0.1) is 0 Å². The molecule has 0 aliphatic rings. The number of hydrogen-bond acceptors (Lipinski definition) is 3. The zero-order valence-electron chi connectivity index (χ0n) is 11.2. The van der Waals surface area contributed by atoms with E-state index in [1.165, 1.54) is 24.3 Å². The summed E-state index contributed by atoms with van der Waals surface area (Å²) in [5, 5.41) is 2.53. The van der Waals surface area contributed by atoms with Crippen molar-refractivity contribution in [3.8, 4) is 0 Å². The van der Waals surface area contributed by atoms with Crippen molar-refractivity contribution in [1.82, 2.24) is 0 Å². The van der Waals surface area contributed by atoms with Crippen molar-refractivity contribution in [2.45, 2.75) is 4.90 Å². The number of hydrogen-bond donors (Lipinski definition) is 2. The second-order valence-corrected chi connectivity index (χ2v) is 7.18. The average Bonchev–Trinajstić information content (AvgIpc) is 2.50. The number of alkyl halides is 1. The van der Waals surface area contributed by atoms with Gasteiger partial charge in [0.2, 0.25) is 5.91 Å². The highest BCUT2D eigenvalue weighted by Crippen LogP contribution is 2.20. The average molecular weight is 404 g/mol. The molecule has 8 heteroatoms. The second kappa shape index (κ2) is 7.13. The Morgan fingerprint density at radius 1 is 1.00 bits per heavy atom. The summed E-state index contributed by atoms with van der Waals surface area (Å²) in [6, 6.07) is 12.6. The third kappa shape index (κ3) is 4.46. The van der Waals surface area contributed by atoms with E-state index in [2.05, 4.69) is 26.0 Å². The molecular formula is C14H12BrClN2O3S. The normalized spacial score (nSPS) is 11.0. The highest BCUT2D eigenvalue weighted by atomic mass is 79.9. The third-order valence-corrected chi connectivity index (χ3v) is 4.83. The summed E-state index contributed by atoms with van der Waals surface area (Å²) >= 11 is 8.67. The monoisotopic (exact) mass is 402 g/mol. The van der Waals surface area contributed by atoms with E-state index in [1.54, 1.807) is 24.3 Å². The van der Waals surface area contributed by atoms with Crippen LogP contribution in [-0.4, -0.2) is 20.2 Å². The summed E-state index contributed by atoms with van der Waals surface area (Å²) in [4.78, 5) is 11.3. The summed E-state index contributed by atoms with van der Waals surface area (Å²) in [6.45, 7) is 0. The number of sulfonamides is 1. The largest absolute Gasteiger partial charge is 0.325 e. The molecule has 22 heavy (non-hydrogen) atoms. The molecule has 0 aliphatic carbocycles. The smallest absolute Gasteiger partial charge is 0.261 e. The lowest BCUT2D eigenvalue weighted by molar-refractivity contribution is -0.113. The molecule has 0 heterocycles. The minimum absolute atomic E-state index is 0.0966. The minimum Gasteiger partial charge on any atom is -0.325 e. The first-order chi connectivity index (χ1) is 10.4. The molecule has 0 saturated carbocycles. The maximum absolute atomic E-state index is 12.2. The van der Waals surface area contributed by atoms with E-state index in [1.807, 2.05) is 0 Å². The van der Waals surface area contributed by atoms with Crippen LogP contribution in [0.25, 0.3) is 0 Å². The van der Waals surface area contributed by atoms with Crippen molar-refractivity contribution in [1.29, 1.82) is 0 Å². The maximum atomic E-state index is 12.2. The highest BCUT2D eigenvalue weighted by Gasteiger charge is 2.14. The van der Waals surface area contributed by atoms with Gasteiger partial charge in [-0.3, -0.25) is 9.52 Å². The number of amides is 1. The molecule has 2 aromatic rings. The summed E-state index contributed by atoms with van der Waals surface area (Å²) in [6.07, 6.45) is 0. The van der Waals surface area contributed by atoms with Gasteiger partial charge in [0, 0.05) is 15.8 Å². The zero-order valence-corrected chi connectivity index (χ0v) is 14.4. The maximum Gasteiger partial charge on any atom is 0.261 e. The Bertz CT molecular complexity index is 762. The molecule has 2 N–H and O–H groups in total. The molecule has 116 valence electrons. The molecule has 2 aromatic carbocycles. The van der Waals surface area contributed by atoms with Crippen molar-refractivity contribution >= 4 is 54.8 Å². The fourth-order valence-corrected chi connectivity index (χ4v) is 3.03. The number of nitrogens with one attached hydrogen (secondary N) is 2. The third-order valence-electron chi connectivity index (χ3n) is 2.67. The molecule has 5 nitrogen and oxygen atoms in total. The summed E-state index contributed by atoms with van der Waals surface area (Å²) in [5.41, 5.74) is 0.941. The first-order valence-electron chi connectivity index (χ1n) is 6.15. The van der Waals surface area contributed by atoms with Gasteiger partial charge in [-0.25, -0.2) is 8.42 Å². The van der Waals surface area contributed by atoms with Crippen LogP contribution in [0.15, 0.2) is 57.9 Å². The summed E-state index contributed by atoms with van der Waals surface area (Å²) < 4.78 is 27.8. The van der Waals surface area contributed by atoms with Gasteiger partial charge in [-0.2, -0.15) is 0 Å². The van der Waals surface area contributed by atoms with Crippen LogP contribution in [0.1, 0.15) is 0 Å². The molecule has 0 fully saturated rings. The standard InChI is InChI=1S/C14H12BrClN2O3S/c15-10-1-3-12(4-2-10)18-22(20,21)13-7-5-11(6-8-13)17-14(19)9-16/h1-8,18H,9H2,(H,17,19). The molecule has 0 saturated heterocycles. The Labute approximate surface area is 141 Å². The van der Waals surface area contributed by atoms with Crippen molar-refractivity contribution < 1.29 is 13.2 Å². The Balaban J connectivity index is 2.15. The van der Waals surface area contributed by atoms with E-state index in [9.17, 15) is 13.2 Å². The molecule has 1 amide bonds. The number of halogens is 2. The second-order valence-electron chi connectivity index (χ2n) is 4.32. The van der Waals surface area contributed by atoms with Crippen LogP contribution in [-0.2, 0) is 14.8 Å². The molecule has 0 radical (unpaired) electrons. The summed E-state index contributed by atoms with van der Waals surface area (Å²) in [5.74, 6) is -0.518. The van der Waals surface area contributed by atoms with Crippen LogP contribution in [0.3, 0.4) is 0 Å². The Morgan fingerprint density at radius 2 is 1.55 bits per heavy atom. The predicted molar refractivity (Wildman–Crippen MR) is 90.7 cm³/mol. The van der Waals surface area contributed by atoms with E-state index in [-0.39, 0.29) is 16.7 Å². The predicted octanol–water partition coefficient (Wildman–Crippen LogP) is 3.43.